The molecule has 2 unspecified atom stereocenters. The summed E-state index contributed by atoms with van der Waals surface area (Å²) in [5.41, 5.74) is -0.0956. The highest BCUT2D eigenvalue weighted by Gasteiger charge is 2.20. The molecule has 0 aliphatic carbocycles. The Morgan fingerprint density at radius 3 is 2.23 bits per heavy atom. The third-order valence-corrected chi connectivity index (χ3v) is 2.19. The number of rotatable bonds is 6. The summed E-state index contributed by atoms with van der Waals surface area (Å²) < 4.78 is 5.32. The molecule has 0 aliphatic heterocycles. The molecule has 0 bridgehead atoms. The number of methoxy groups -OCH3 is 1. The van der Waals surface area contributed by atoms with Crippen LogP contribution in [0.15, 0.2) is 0 Å². The van der Waals surface area contributed by atoms with Crippen molar-refractivity contribution in [2.45, 2.75) is 51.8 Å². The number of nitrogens with one attached hydrogen (secondary N) is 1. The Bertz CT molecular complexity index is 137. The molecular weight excluding hydrogens is 166 g/mol. The zero-order valence-electron chi connectivity index (χ0n) is 9.42. The number of ether oxygens (including phenoxy) is 1. The normalized spacial score (nSPS) is 17.1. The van der Waals surface area contributed by atoms with Crippen molar-refractivity contribution >= 4 is 0 Å². The topological polar surface area (TPSA) is 41.5 Å². The minimum absolute atomic E-state index is 0.0956. The van der Waals surface area contributed by atoms with E-state index in [1.807, 2.05) is 6.92 Å². The Labute approximate surface area is 81.5 Å². The smallest absolute Gasteiger partial charge is 0.0637 e. The van der Waals surface area contributed by atoms with Crippen LogP contribution in [0.25, 0.3) is 0 Å². The molecule has 3 nitrogen and oxygen atoms in total. The summed E-state index contributed by atoms with van der Waals surface area (Å²) in [4.78, 5) is 0. The van der Waals surface area contributed by atoms with Gasteiger partial charge in [0.25, 0.3) is 0 Å². The molecule has 0 spiro atoms. The van der Waals surface area contributed by atoms with Crippen molar-refractivity contribution in [3.63, 3.8) is 0 Å². The first-order valence-corrected chi connectivity index (χ1v) is 4.83. The minimum atomic E-state index is -0.0956. The van der Waals surface area contributed by atoms with Crippen LogP contribution in [0.5, 0.6) is 0 Å². The van der Waals surface area contributed by atoms with Gasteiger partial charge in [-0.3, -0.25) is 0 Å². The highest BCUT2D eigenvalue weighted by molar-refractivity contribution is 4.76. The van der Waals surface area contributed by atoms with Gasteiger partial charge in [-0.05, 0) is 34.1 Å². The zero-order chi connectivity index (χ0) is 10.5. The Morgan fingerprint density at radius 1 is 1.31 bits per heavy atom. The Hall–Kier alpha value is -0.120. The fourth-order valence-corrected chi connectivity index (χ4v) is 1.42. The highest BCUT2D eigenvalue weighted by atomic mass is 16.5. The van der Waals surface area contributed by atoms with E-state index in [9.17, 15) is 0 Å². The second-order valence-corrected chi connectivity index (χ2v) is 4.32. The summed E-state index contributed by atoms with van der Waals surface area (Å²) in [7, 11) is 1.72. The average molecular weight is 189 g/mol. The number of aliphatic hydroxyl groups excluding tert-OH is 1. The maximum Gasteiger partial charge on any atom is 0.0637 e. The van der Waals surface area contributed by atoms with E-state index in [0.717, 1.165) is 6.42 Å². The van der Waals surface area contributed by atoms with Crippen molar-refractivity contribution in [3.05, 3.63) is 0 Å². The lowest BCUT2D eigenvalue weighted by Crippen LogP contribution is -2.41. The van der Waals surface area contributed by atoms with Crippen LogP contribution in [0.1, 0.15) is 34.1 Å². The molecule has 0 aliphatic rings. The molecule has 0 radical (unpaired) electrons. The molecule has 0 aromatic carbocycles. The highest BCUT2D eigenvalue weighted by Crippen LogP contribution is 2.15. The van der Waals surface area contributed by atoms with Gasteiger partial charge in [0.05, 0.1) is 12.2 Å². The van der Waals surface area contributed by atoms with Crippen LogP contribution in [0.4, 0.5) is 0 Å². The van der Waals surface area contributed by atoms with E-state index in [-0.39, 0.29) is 18.2 Å². The van der Waals surface area contributed by atoms with Gasteiger partial charge < -0.3 is 15.2 Å². The molecule has 2 atom stereocenters. The van der Waals surface area contributed by atoms with E-state index in [0.29, 0.717) is 6.04 Å². The van der Waals surface area contributed by atoms with Crippen molar-refractivity contribution in [2.75, 3.05) is 13.7 Å². The van der Waals surface area contributed by atoms with Gasteiger partial charge in [-0.1, -0.05) is 0 Å². The third kappa shape index (κ3) is 6.02. The van der Waals surface area contributed by atoms with Gasteiger partial charge in [0.15, 0.2) is 0 Å². The third-order valence-electron chi connectivity index (χ3n) is 2.19. The molecule has 0 amide bonds. The lowest BCUT2D eigenvalue weighted by Gasteiger charge is -2.28. The van der Waals surface area contributed by atoms with Gasteiger partial charge in [-0.2, -0.15) is 0 Å². The number of aliphatic hydroxyl groups is 1. The average Bonchev–Trinajstić information content (AvgIpc) is 2.03. The first kappa shape index (κ1) is 12.9. The zero-order valence-corrected chi connectivity index (χ0v) is 9.42. The molecule has 0 aromatic heterocycles. The van der Waals surface area contributed by atoms with Crippen LogP contribution in [0.3, 0.4) is 0 Å². The number of hydrogen-bond acceptors (Lipinski definition) is 3. The van der Waals surface area contributed by atoms with Crippen molar-refractivity contribution in [1.82, 2.24) is 5.32 Å². The lowest BCUT2D eigenvalue weighted by atomic mass is 9.99. The minimum Gasteiger partial charge on any atom is -0.395 e. The van der Waals surface area contributed by atoms with Gasteiger partial charge in [0.1, 0.15) is 0 Å². The van der Waals surface area contributed by atoms with Crippen LogP contribution >= 0.6 is 0 Å². The molecule has 0 saturated carbocycles. The van der Waals surface area contributed by atoms with E-state index in [2.05, 4.69) is 26.1 Å². The summed E-state index contributed by atoms with van der Waals surface area (Å²) in [6, 6.07) is 0.514. The predicted molar refractivity (Wildman–Crippen MR) is 54.9 cm³/mol. The summed E-state index contributed by atoms with van der Waals surface area (Å²) in [6.07, 6.45) is 0.938. The van der Waals surface area contributed by atoms with Crippen molar-refractivity contribution in [3.8, 4) is 0 Å². The summed E-state index contributed by atoms with van der Waals surface area (Å²) in [6.45, 7) is 8.38. The molecule has 0 heterocycles. The van der Waals surface area contributed by atoms with Gasteiger partial charge in [-0.25, -0.2) is 0 Å². The quantitative estimate of drug-likeness (QED) is 0.659. The van der Waals surface area contributed by atoms with Crippen molar-refractivity contribution < 1.29 is 9.84 Å². The van der Waals surface area contributed by atoms with E-state index >= 15 is 0 Å². The van der Waals surface area contributed by atoms with Gasteiger partial charge >= 0.3 is 0 Å². The molecule has 0 saturated heterocycles. The maximum absolute atomic E-state index is 8.85. The van der Waals surface area contributed by atoms with Gasteiger partial charge in [-0.15, -0.1) is 0 Å². The molecule has 13 heavy (non-hydrogen) atoms. The van der Waals surface area contributed by atoms with Crippen LogP contribution in [-0.2, 0) is 4.74 Å². The van der Waals surface area contributed by atoms with E-state index in [1.165, 1.54) is 0 Å². The van der Waals surface area contributed by atoms with E-state index in [1.54, 1.807) is 7.11 Å². The maximum atomic E-state index is 8.85. The Balaban J connectivity index is 3.79. The standard InChI is InChI=1S/C10H23NO2/c1-8(11-9(2)7-12)6-10(3,4)13-5/h8-9,11-12H,6-7H2,1-5H3. The number of hydrogen-bond donors (Lipinski definition) is 2. The molecular formula is C10H23NO2. The summed E-state index contributed by atoms with van der Waals surface area (Å²) in [5.74, 6) is 0. The summed E-state index contributed by atoms with van der Waals surface area (Å²) in [5, 5.41) is 12.1. The Kier molecular flexibility index (Phi) is 5.53. The SMILES string of the molecule is COC(C)(C)CC(C)NC(C)CO. The van der Waals surface area contributed by atoms with Crippen LogP contribution in [0.2, 0.25) is 0 Å². The van der Waals surface area contributed by atoms with Crippen LogP contribution in [0, 0.1) is 0 Å². The second kappa shape index (κ2) is 5.58. The predicted octanol–water partition coefficient (Wildman–Crippen LogP) is 1.16. The molecule has 0 rings (SSSR count). The van der Waals surface area contributed by atoms with E-state index < -0.39 is 0 Å². The first-order valence-electron chi connectivity index (χ1n) is 4.83. The molecule has 0 fully saturated rings. The second-order valence-electron chi connectivity index (χ2n) is 4.32. The van der Waals surface area contributed by atoms with Crippen LogP contribution in [-0.4, -0.2) is 36.5 Å². The van der Waals surface area contributed by atoms with Crippen LogP contribution < -0.4 is 5.32 Å². The molecule has 2 N–H and O–H groups in total. The molecule has 3 heteroatoms. The fraction of sp³-hybridized carbons (Fsp3) is 1.00. The first-order chi connectivity index (χ1) is 5.91. The van der Waals surface area contributed by atoms with E-state index in [4.69, 9.17) is 9.84 Å². The Morgan fingerprint density at radius 2 is 1.85 bits per heavy atom. The van der Waals surface area contributed by atoms with Crippen molar-refractivity contribution in [1.29, 1.82) is 0 Å². The lowest BCUT2D eigenvalue weighted by molar-refractivity contribution is 0.00725. The summed E-state index contributed by atoms with van der Waals surface area (Å²) >= 11 is 0. The van der Waals surface area contributed by atoms with Gasteiger partial charge in [0, 0.05) is 19.2 Å². The molecule has 80 valence electrons. The fourth-order valence-electron chi connectivity index (χ4n) is 1.42. The van der Waals surface area contributed by atoms with Crippen molar-refractivity contribution in [2.24, 2.45) is 0 Å². The largest absolute Gasteiger partial charge is 0.395 e. The molecule has 0 aromatic rings. The monoisotopic (exact) mass is 189 g/mol. The van der Waals surface area contributed by atoms with Gasteiger partial charge in [0.2, 0.25) is 0 Å².